The first-order valence-corrected chi connectivity index (χ1v) is 7.43. The number of carbonyl (C=O) groups is 1. The van der Waals surface area contributed by atoms with Crippen LogP contribution in [0.1, 0.15) is 22.4 Å². The maximum absolute atomic E-state index is 11.9. The maximum Gasteiger partial charge on any atom is 0.263 e. The topological polar surface area (TPSA) is 76.2 Å². The van der Waals surface area contributed by atoms with Crippen LogP contribution in [0.3, 0.4) is 0 Å². The number of thiophene rings is 1. The standard InChI is InChI=1S/C13H17N5OS/c1-2-15-13(19)12-9(14)7-11(20-12)18-6-5-17-4-3-16-10(17)8-18/h3-4,7H,2,5-6,8,14H2,1H3,(H,15,19). The highest BCUT2D eigenvalue weighted by molar-refractivity contribution is 7.18. The number of imidazole rings is 1. The molecule has 0 spiro atoms. The number of amides is 1. The molecule has 106 valence electrons. The van der Waals surface area contributed by atoms with E-state index in [9.17, 15) is 4.79 Å². The van der Waals surface area contributed by atoms with Gasteiger partial charge in [-0.15, -0.1) is 11.3 Å². The Hall–Kier alpha value is -2.02. The molecule has 0 unspecified atom stereocenters. The Morgan fingerprint density at radius 3 is 3.20 bits per heavy atom. The fourth-order valence-electron chi connectivity index (χ4n) is 2.33. The van der Waals surface area contributed by atoms with Crippen molar-refractivity contribution in [3.63, 3.8) is 0 Å². The first-order chi connectivity index (χ1) is 9.69. The van der Waals surface area contributed by atoms with E-state index >= 15 is 0 Å². The zero-order chi connectivity index (χ0) is 14.1. The lowest BCUT2D eigenvalue weighted by Crippen LogP contribution is -2.33. The average molecular weight is 291 g/mol. The van der Waals surface area contributed by atoms with Crippen LogP contribution in [-0.4, -0.2) is 28.5 Å². The molecule has 20 heavy (non-hydrogen) atoms. The van der Waals surface area contributed by atoms with Gasteiger partial charge in [-0.2, -0.15) is 0 Å². The summed E-state index contributed by atoms with van der Waals surface area (Å²) in [4.78, 5) is 19.1. The summed E-state index contributed by atoms with van der Waals surface area (Å²) in [6, 6.07) is 1.88. The highest BCUT2D eigenvalue weighted by Gasteiger charge is 2.21. The van der Waals surface area contributed by atoms with Crippen LogP contribution < -0.4 is 16.0 Å². The van der Waals surface area contributed by atoms with Gasteiger partial charge in [-0.1, -0.05) is 0 Å². The van der Waals surface area contributed by atoms with E-state index in [0.29, 0.717) is 17.1 Å². The van der Waals surface area contributed by atoms with E-state index in [0.717, 1.165) is 30.5 Å². The summed E-state index contributed by atoms with van der Waals surface area (Å²) in [5.74, 6) is 0.947. The minimum Gasteiger partial charge on any atom is -0.397 e. The number of nitrogens with one attached hydrogen (secondary N) is 1. The fourth-order valence-corrected chi connectivity index (χ4v) is 3.35. The second-order valence-electron chi connectivity index (χ2n) is 4.69. The lowest BCUT2D eigenvalue weighted by atomic mass is 10.3. The third-order valence-electron chi connectivity index (χ3n) is 3.35. The molecular formula is C13H17N5OS. The molecule has 0 aliphatic carbocycles. The number of nitrogens with two attached hydrogens (primary N) is 1. The smallest absolute Gasteiger partial charge is 0.263 e. The summed E-state index contributed by atoms with van der Waals surface area (Å²) < 4.78 is 2.15. The van der Waals surface area contributed by atoms with Gasteiger partial charge < -0.3 is 20.5 Å². The number of anilines is 2. The molecule has 0 saturated heterocycles. The molecule has 6 nitrogen and oxygen atoms in total. The van der Waals surface area contributed by atoms with Crippen molar-refractivity contribution >= 4 is 27.9 Å². The maximum atomic E-state index is 11.9. The van der Waals surface area contributed by atoms with Gasteiger partial charge in [0.15, 0.2) is 0 Å². The number of fused-ring (bicyclic) bond motifs is 1. The molecule has 0 fully saturated rings. The van der Waals surface area contributed by atoms with Crippen molar-refractivity contribution in [2.75, 3.05) is 23.7 Å². The van der Waals surface area contributed by atoms with Crippen LogP contribution >= 0.6 is 11.3 Å². The van der Waals surface area contributed by atoms with Crippen molar-refractivity contribution < 1.29 is 4.79 Å². The van der Waals surface area contributed by atoms with Crippen molar-refractivity contribution in [1.29, 1.82) is 0 Å². The molecule has 1 amide bonds. The molecule has 1 aliphatic rings. The molecule has 0 radical (unpaired) electrons. The lowest BCUT2D eigenvalue weighted by molar-refractivity contribution is 0.0960. The summed E-state index contributed by atoms with van der Waals surface area (Å²) in [5, 5.41) is 3.81. The summed E-state index contributed by atoms with van der Waals surface area (Å²) in [5.41, 5.74) is 6.50. The predicted octanol–water partition coefficient (Wildman–Crippen LogP) is 1.30. The van der Waals surface area contributed by atoms with E-state index in [-0.39, 0.29) is 5.91 Å². The second kappa shape index (κ2) is 5.16. The third kappa shape index (κ3) is 2.24. The van der Waals surface area contributed by atoms with E-state index in [4.69, 9.17) is 5.73 Å². The molecule has 2 aromatic heterocycles. The number of nitrogens with zero attached hydrogens (tertiary/aromatic N) is 3. The SMILES string of the molecule is CCNC(=O)c1sc(N2CCn3ccnc3C2)cc1N. The molecule has 0 atom stereocenters. The van der Waals surface area contributed by atoms with Crippen molar-refractivity contribution in [3.05, 3.63) is 29.2 Å². The van der Waals surface area contributed by atoms with E-state index in [1.54, 1.807) is 0 Å². The van der Waals surface area contributed by atoms with E-state index in [1.165, 1.54) is 11.3 Å². The Balaban J connectivity index is 1.82. The Bertz CT molecular complexity index is 632. The molecule has 2 aromatic rings. The second-order valence-corrected chi connectivity index (χ2v) is 5.72. The molecular weight excluding hydrogens is 274 g/mol. The minimum atomic E-state index is -0.0974. The number of hydrogen-bond donors (Lipinski definition) is 2. The van der Waals surface area contributed by atoms with Gasteiger partial charge in [-0.05, 0) is 13.0 Å². The fraction of sp³-hybridized carbons (Fsp3) is 0.385. The van der Waals surface area contributed by atoms with Gasteiger partial charge in [-0.25, -0.2) is 4.98 Å². The van der Waals surface area contributed by atoms with Gasteiger partial charge in [0.25, 0.3) is 5.91 Å². The third-order valence-corrected chi connectivity index (χ3v) is 4.56. The molecule has 0 saturated carbocycles. The van der Waals surface area contributed by atoms with Gasteiger partial charge in [0.05, 0.1) is 17.2 Å². The Kier molecular flexibility index (Phi) is 3.35. The molecule has 1 aliphatic heterocycles. The predicted molar refractivity (Wildman–Crippen MR) is 80.0 cm³/mol. The zero-order valence-corrected chi connectivity index (χ0v) is 12.1. The van der Waals surface area contributed by atoms with Crippen LogP contribution in [0.5, 0.6) is 0 Å². The molecule has 3 N–H and O–H groups in total. The molecule has 0 bridgehead atoms. The number of rotatable bonds is 3. The van der Waals surface area contributed by atoms with Gasteiger partial charge in [0.2, 0.25) is 0 Å². The number of nitrogen functional groups attached to an aromatic ring is 1. The van der Waals surface area contributed by atoms with Crippen LogP contribution in [0.2, 0.25) is 0 Å². The van der Waals surface area contributed by atoms with Crippen LogP contribution in [0.15, 0.2) is 18.5 Å². The van der Waals surface area contributed by atoms with Crippen LogP contribution in [0, 0.1) is 0 Å². The highest BCUT2D eigenvalue weighted by atomic mass is 32.1. The first kappa shape index (κ1) is 13.0. The quantitative estimate of drug-likeness (QED) is 0.893. The van der Waals surface area contributed by atoms with E-state index in [2.05, 4.69) is 19.8 Å². The Morgan fingerprint density at radius 1 is 1.55 bits per heavy atom. The summed E-state index contributed by atoms with van der Waals surface area (Å²) in [6.45, 7) is 5.06. The summed E-state index contributed by atoms with van der Waals surface area (Å²) in [7, 11) is 0. The lowest BCUT2D eigenvalue weighted by Gasteiger charge is -2.28. The monoisotopic (exact) mass is 291 g/mol. The Labute approximate surface area is 121 Å². The van der Waals surface area contributed by atoms with Crippen molar-refractivity contribution in [2.45, 2.75) is 20.0 Å². The van der Waals surface area contributed by atoms with Gasteiger partial charge in [-0.3, -0.25) is 4.79 Å². The van der Waals surface area contributed by atoms with Gasteiger partial charge in [0.1, 0.15) is 10.7 Å². The van der Waals surface area contributed by atoms with Crippen molar-refractivity contribution in [3.8, 4) is 0 Å². The van der Waals surface area contributed by atoms with E-state index < -0.39 is 0 Å². The summed E-state index contributed by atoms with van der Waals surface area (Å²) in [6.07, 6.45) is 3.82. The Morgan fingerprint density at radius 2 is 2.40 bits per heavy atom. The van der Waals surface area contributed by atoms with E-state index in [1.807, 2.05) is 25.4 Å². The largest absolute Gasteiger partial charge is 0.397 e. The normalized spacial score (nSPS) is 14.2. The highest BCUT2D eigenvalue weighted by Crippen LogP contribution is 2.33. The number of aromatic nitrogens is 2. The molecule has 0 aromatic carbocycles. The first-order valence-electron chi connectivity index (χ1n) is 6.61. The molecule has 7 heteroatoms. The number of carbonyl (C=O) groups excluding carboxylic acids is 1. The minimum absolute atomic E-state index is 0.0974. The van der Waals surface area contributed by atoms with Gasteiger partial charge >= 0.3 is 0 Å². The average Bonchev–Trinajstić information content (AvgIpc) is 3.04. The van der Waals surface area contributed by atoms with Crippen molar-refractivity contribution in [2.24, 2.45) is 0 Å². The summed E-state index contributed by atoms with van der Waals surface area (Å²) >= 11 is 1.44. The van der Waals surface area contributed by atoms with Gasteiger partial charge in [0, 0.05) is 32.0 Å². The molecule has 3 rings (SSSR count). The zero-order valence-electron chi connectivity index (χ0n) is 11.3. The molecule has 3 heterocycles. The van der Waals surface area contributed by atoms with Crippen LogP contribution in [0.25, 0.3) is 0 Å². The van der Waals surface area contributed by atoms with Crippen LogP contribution in [0.4, 0.5) is 10.7 Å². The van der Waals surface area contributed by atoms with Crippen LogP contribution in [-0.2, 0) is 13.1 Å². The number of hydrogen-bond acceptors (Lipinski definition) is 5. The van der Waals surface area contributed by atoms with Crippen molar-refractivity contribution in [1.82, 2.24) is 14.9 Å².